The molecule has 18 heavy (non-hydrogen) atoms. The van der Waals surface area contributed by atoms with Crippen LogP contribution in [0.25, 0.3) is 0 Å². The average Bonchev–Trinajstić information content (AvgIpc) is 2.26. The molecule has 0 aromatic heterocycles. The van der Waals surface area contributed by atoms with Crippen LogP contribution in [0.15, 0.2) is 0 Å². The van der Waals surface area contributed by atoms with E-state index in [2.05, 4.69) is 0 Å². The van der Waals surface area contributed by atoms with E-state index in [1.54, 1.807) is 4.90 Å². The third-order valence-corrected chi connectivity index (χ3v) is 3.08. The van der Waals surface area contributed by atoms with E-state index in [1.165, 1.54) is 0 Å². The largest absolute Gasteiger partial charge is 0.444 e. The molecule has 0 aromatic carbocycles. The highest BCUT2D eigenvalue weighted by atomic mass is 16.6. The van der Waals surface area contributed by atoms with E-state index in [0.29, 0.717) is 25.9 Å². The molecule has 1 unspecified atom stereocenters. The maximum absolute atomic E-state index is 11.8. The third kappa shape index (κ3) is 4.44. The molecule has 0 saturated carbocycles. The van der Waals surface area contributed by atoms with Gasteiger partial charge in [-0.2, -0.15) is 0 Å². The number of nitrogens with zero attached hydrogens (tertiary/aromatic N) is 1. The number of hydrogen-bond acceptors (Lipinski definition) is 5. The minimum absolute atomic E-state index is 0.0312. The first-order valence-electron chi connectivity index (χ1n) is 6.30. The lowest BCUT2D eigenvalue weighted by molar-refractivity contribution is -0.0763. The van der Waals surface area contributed by atoms with Crippen molar-refractivity contribution in [3.63, 3.8) is 0 Å². The maximum atomic E-state index is 11.8. The molecular formula is C12H24N2O4. The number of piperidine rings is 1. The van der Waals surface area contributed by atoms with Crippen LogP contribution in [-0.4, -0.2) is 52.2 Å². The zero-order valence-corrected chi connectivity index (χ0v) is 11.3. The lowest BCUT2D eigenvalue weighted by atomic mass is 9.90. The van der Waals surface area contributed by atoms with Gasteiger partial charge in [-0.05, 0) is 39.5 Å². The monoisotopic (exact) mass is 260 g/mol. The molecular weight excluding hydrogens is 236 g/mol. The fourth-order valence-corrected chi connectivity index (χ4v) is 2.04. The predicted molar refractivity (Wildman–Crippen MR) is 66.7 cm³/mol. The highest BCUT2D eigenvalue weighted by molar-refractivity contribution is 5.68. The van der Waals surface area contributed by atoms with Crippen molar-refractivity contribution in [2.75, 3.05) is 13.1 Å². The van der Waals surface area contributed by atoms with E-state index in [0.717, 1.165) is 0 Å². The van der Waals surface area contributed by atoms with Gasteiger partial charge in [-0.25, -0.2) is 4.79 Å². The van der Waals surface area contributed by atoms with Gasteiger partial charge in [0.15, 0.2) is 6.29 Å². The Labute approximate surface area is 108 Å². The number of hydrogen-bond donors (Lipinski definition) is 3. The molecule has 106 valence electrons. The molecule has 1 heterocycles. The van der Waals surface area contributed by atoms with Crippen LogP contribution in [0, 0.1) is 5.92 Å². The summed E-state index contributed by atoms with van der Waals surface area (Å²) in [7, 11) is 0. The van der Waals surface area contributed by atoms with Crippen molar-refractivity contribution in [1.29, 1.82) is 0 Å². The van der Waals surface area contributed by atoms with E-state index in [1.807, 2.05) is 20.8 Å². The number of likely N-dealkylation sites (tertiary alicyclic amines) is 1. The van der Waals surface area contributed by atoms with Crippen LogP contribution in [0.3, 0.4) is 0 Å². The standard InChI is InChI=1S/C12H24N2O4/c1-12(2,3)18-11(17)14-6-4-8(5-7-14)9(13)10(15)16/h8-10,15-16H,4-7,13H2,1-3H3. The van der Waals surface area contributed by atoms with Crippen molar-refractivity contribution in [2.24, 2.45) is 11.7 Å². The average molecular weight is 260 g/mol. The van der Waals surface area contributed by atoms with Crippen molar-refractivity contribution < 1.29 is 19.7 Å². The van der Waals surface area contributed by atoms with Crippen LogP contribution >= 0.6 is 0 Å². The fraction of sp³-hybridized carbons (Fsp3) is 0.917. The number of aliphatic hydroxyl groups is 2. The van der Waals surface area contributed by atoms with E-state index in [4.69, 9.17) is 20.7 Å². The van der Waals surface area contributed by atoms with Gasteiger partial charge in [0, 0.05) is 13.1 Å². The second-order valence-corrected chi connectivity index (χ2v) is 5.80. The molecule has 1 atom stereocenters. The summed E-state index contributed by atoms with van der Waals surface area (Å²) in [5, 5.41) is 18.1. The molecule has 1 aliphatic heterocycles. The van der Waals surface area contributed by atoms with E-state index in [-0.39, 0.29) is 12.0 Å². The smallest absolute Gasteiger partial charge is 0.410 e. The summed E-state index contributed by atoms with van der Waals surface area (Å²) in [5.74, 6) is 0.0312. The SMILES string of the molecule is CC(C)(C)OC(=O)N1CCC(C(N)C(O)O)CC1. The van der Waals surface area contributed by atoms with Crippen LogP contribution < -0.4 is 5.73 Å². The molecule has 4 N–H and O–H groups in total. The lowest BCUT2D eigenvalue weighted by Crippen LogP contribution is -2.48. The van der Waals surface area contributed by atoms with Gasteiger partial charge in [-0.15, -0.1) is 0 Å². The van der Waals surface area contributed by atoms with Crippen molar-refractivity contribution >= 4 is 6.09 Å². The van der Waals surface area contributed by atoms with E-state index in [9.17, 15) is 4.79 Å². The van der Waals surface area contributed by atoms with Gasteiger partial charge in [0.25, 0.3) is 0 Å². The quantitative estimate of drug-likeness (QED) is 0.619. The van der Waals surface area contributed by atoms with Crippen LogP contribution in [0.5, 0.6) is 0 Å². The Morgan fingerprint density at radius 2 is 1.83 bits per heavy atom. The molecule has 0 aliphatic carbocycles. The minimum Gasteiger partial charge on any atom is -0.444 e. The first-order chi connectivity index (χ1) is 8.20. The molecule has 1 fully saturated rings. The molecule has 0 spiro atoms. The van der Waals surface area contributed by atoms with Gasteiger partial charge in [0.05, 0.1) is 6.04 Å². The Balaban J connectivity index is 2.42. The number of rotatable bonds is 2. The Morgan fingerprint density at radius 1 is 1.33 bits per heavy atom. The summed E-state index contributed by atoms with van der Waals surface area (Å²) in [6.07, 6.45) is -0.488. The summed E-state index contributed by atoms with van der Waals surface area (Å²) in [6.45, 7) is 6.57. The molecule has 0 radical (unpaired) electrons. The number of carbonyl (C=O) groups is 1. The lowest BCUT2D eigenvalue weighted by Gasteiger charge is -2.35. The Hall–Kier alpha value is -0.850. The number of aliphatic hydroxyl groups excluding tert-OH is 1. The summed E-state index contributed by atoms with van der Waals surface area (Å²) in [4.78, 5) is 13.4. The van der Waals surface area contributed by atoms with E-state index >= 15 is 0 Å². The predicted octanol–water partition coefficient (Wildman–Crippen LogP) is 0.271. The van der Waals surface area contributed by atoms with Crippen molar-refractivity contribution in [2.45, 2.75) is 51.5 Å². The molecule has 1 rings (SSSR count). The fourth-order valence-electron chi connectivity index (χ4n) is 2.04. The molecule has 6 heteroatoms. The van der Waals surface area contributed by atoms with E-state index < -0.39 is 17.9 Å². The Morgan fingerprint density at radius 3 is 2.22 bits per heavy atom. The zero-order valence-electron chi connectivity index (χ0n) is 11.3. The first-order valence-corrected chi connectivity index (χ1v) is 6.30. The zero-order chi connectivity index (χ0) is 13.9. The molecule has 1 saturated heterocycles. The second kappa shape index (κ2) is 5.86. The van der Waals surface area contributed by atoms with Crippen molar-refractivity contribution in [3.05, 3.63) is 0 Å². The summed E-state index contributed by atoms with van der Waals surface area (Å²) in [6, 6.07) is -0.647. The van der Waals surface area contributed by atoms with Gasteiger partial charge < -0.3 is 25.6 Å². The number of amides is 1. The Bertz CT molecular complexity index is 280. The summed E-state index contributed by atoms with van der Waals surface area (Å²) >= 11 is 0. The number of ether oxygens (including phenoxy) is 1. The molecule has 0 aromatic rings. The Kier molecular flexibility index (Phi) is 4.95. The van der Waals surface area contributed by atoms with Gasteiger partial charge in [-0.1, -0.05) is 0 Å². The van der Waals surface area contributed by atoms with Crippen LogP contribution in [0.4, 0.5) is 4.79 Å². The molecule has 0 bridgehead atoms. The third-order valence-electron chi connectivity index (χ3n) is 3.08. The van der Waals surface area contributed by atoms with Gasteiger partial charge in [0.2, 0.25) is 0 Å². The summed E-state index contributed by atoms with van der Waals surface area (Å²) in [5.41, 5.74) is 5.19. The van der Waals surface area contributed by atoms with Gasteiger partial charge >= 0.3 is 6.09 Å². The highest BCUT2D eigenvalue weighted by Crippen LogP contribution is 2.22. The number of nitrogens with two attached hydrogens (primary N) is 1. The molecule has 1 amide bonds. The van der Waals surface area contributed by atoms with Crippen molar-refractivity contribution in [3.8, 4) is 0 Å². The van der Waals surface area contributed by atoms with Gasteiger partial charge in [0.1, 0.15) is 5.60 Å². The highest BCUT2D eigenvalue weighted by Gasteiger charge is 2.31. The maximum Gasteiger partial charge on any atom is 0.410 e. The first kappa shape index (κ1) is 15.2. The molecule has 6 nitrogen and oxygen atoms in total. The van der Waals surface area contributed by atoms with Crippen molar-refractivity contribution in [1.82, 2.24) is 4.90 Å². The topological polar surface area (TPSA) is 96.0 Å². The molecule has 1 aliphatic rings. The van der Waals surface area contributed by atoms with Gasteiger partial charge in [-0.3, -0.25) is 0 Å². The summed E-state index contributed by atoms with van der Waals surface area (Å²) < 4.78 is 5.28. The van der Waals surface area contributed by atoms with Crippen LogP contribution in [-0.2, 0) is 4.74 Å². The second-order valence-electron chi connectivity index (χ2n) is 5.80. The number of carbonyl (C=O) groups excluding carboxylic acids is 1. The minimum atomic E-state index is -1.50. The normalized spacial score (nSPS) is 20.1. The van der Waals surface area contributed by atoms with Crippen LogP contribution in [0.2, 0.25) is 0 Å². The van der Waals surface area contributed by atoms with Crippen LogP contribution in [0.1, 0.15) is 33.6 Å².